The molecule has 0 aromatic rings. The summed E-state index contributed by atoms with van der Waals surface area (Å²) >= 11 is 0. The zero-order valence-electron chi connectivity index (χ0n) is 9.82. The first-order valence-electron chi connectivity index (χ1n) is 5.34. The second-order valence-corrected chi connectivity index (χ2v) is 5.78. The molecular weight excluding hydrogens is 230 g/mol. The van der Waals surface area contributed by atoms with Gasteiger partial charge >= 0.3 is 0 Å². The molecule has 0 saturated carbocycles. The molecule has 7 heteroatoms. The summed E-state index contributed by atoms with van der Waals surface area (Å²) in [6, 6.07) is 0.00856. The van der Waals surface area contributed by atoms with E-state index in [0.717, 1.165) is 0 Å². The third kappa shape index (κ3) is 8.63. The molecule has 0 unspecified atom stereocenters. The van der Waals surface area contributed by atoms with Crippen LogP contribution in [-0.4, -0.2) is 39.2 Å². The maximum absolute atomic E-state index is 11.4. The van der Waals surface area contributed by atoms with Crippen LogP contribution in [0.25, 0.3) is 0 Å². The fourth-order valence-corrected chi connectivity index (χ4v) is 2.14. The molecule has 0 aromatic heterocycles. The lowest BCUT2D eigenvalue weighted by atomic mass is 10.3. The van der Waals surface area contributed by atoms with Crippen LogP contribution in [0.1, 0.15) is 26.7 Å². The van der Waals surface area contributed by atoms with Crippen LogP contribution in [0.15, 0.2) is 0 Å². The molecule has 4 N–H and O–H groups in total. The Morgan fingerprint density at radius 2 is 1.94 bits per heavy atom. The van der Waals surface area contributed by atoms with Crippen molar-refractivity contribution in [2.45, 2.75) is 32.7 Å². The van der Waals surface area contributed by atoms with Crippen molar-refractivity contribution >= 4 is 15.9 Å². The molecule has 0 heterocycles. The zero-order valence-corrected chi connectivity index (χ0v) is 10.6. The average Bonchev–Trinajstić information content (AvgIpc) is 2.14. The van der Waals surface area contributed by atoms with Crippen molar-refractivity contribution in [2.75, 3.05) is 18.8 Å². The molecule has 0 rings (SSSR count). The summed E-state index contributed by atoms with van der Waals surface area (Å²) in [4.78, 5) is 11.2. The number of hydrogen-bond acceptors (Lipinski definition) is 4. The van der Waals surface area contributed by atoms with Gasteiger partial charge in [0.2, 0.25) is 15.9 Å². The van der Waals surface area contributed by atoms with Gasteiger partial charge in [0.15, 0.2) is 0 Å². The number of amides is 1. The maximum Gasteiger partial charge on any atom is 0.235 e. The fourth-order valence-electron chi connectivity index (χ4n) is 1.06. The summed E-state index contributed by atoms with van der Waals surface area (Å²) in [7, 11) is -3.35. The molecule has 0 spiro atoms. The highest BCUT2D eigenvalue weighted by atomic mass is 32.2. The van der Waals surface area contributed by atoms with Crippen molar-refractivity contribution in [1.82, 2.24) is 10.0 Å². The lowest BCUT2D eigenvalue weighted by Crippen LogP contribution is -2.40. The van der Waals surface area contributed by atoms with E-state index in [1.165, 1.54) is 0 Å². The molecule has 16 heavy (non-hydrogen) atoms. The highest BCUT2D eigenvalue weighted by Gasteiger charge is 2.11. The highest BCUT2D eigenvalue weighted by molar-refractivity contribution is 7.89. The van der Waals surface area contributed by atoms with Gasteiger partial charge in [-0.3, -0.25) is 4.79 Å². The number of nitrogens with one attached hydrogen (secondary N) is 2. The second-order valence-electron chi connectivity index (χ2n) is 3.86. The molecular formula is C9H21N3O3S. The Bertz CT molecular complexity index is 301. The van der Waals surface area contributed by atoms with Crippen molar-refractivity contribution in [3.63, 3.8) is 0 Å². The van der Waals surface area contributed by atoms with E-state index in [9.17, 15) is 13.2 Å². The summed E-state index contributed by atoms with van der Waals surface area (Å²) < 4.78 is 25.0. The highest BCUT2D eigenvalue weighted by Crippen LogP contribution is 1.92. The number of rotatable bonds is 8. The van der Waals surface area contributed by atoms with Gasteiger partial charge in [-0.2, -0.15) is 0 Å². The van der Waals surface area contributed by atoms with E-state index in [0.29, 0.717) is 19.4 Å². The van der Waals surface area contributed by atoms with Crippen LogP contribution < -0.4 is 15.8 Å². The monoisotopic (exact) mass is 251 g/mol. The Kier molecular flexibility index (Phi) is 7.27. The van der Waals surface area contributed by atoms with Crippen molar-refractivity contribution in [3.05, 3.63) is 0 Å². The molecule has 0 radical (unpaired) electrons. The van der Waals surface area contributed by atoms with Crippen LogP contribution >= 0.6 is 0 Å². The minimum Gasteiger partial charge on any atom is -0.353 e. The first-order valence-corrected chi connectivity index (χ1v) is 6.99. The van der Waals surface area contributed by atoms with E-state index in [4.69, 9.17) is 5.73 Å². The van der Waals surface area contributed by atoms with E-state index in [2.05, 4.69) is 10.0 Å². The number of hydrogen-bond donors (Lipinski definition) is 3. The smallest absolute Gasteiger partial charge is 0.235 e. The summed E-state index contributed by atoms with van der Waals surface area (Å²) in [5.41, 5.74) is 5.26. The van der Waals surface area contributed by atoms with Crippen LogP contribution in [-0.2, 0) is 14.8 Å². The van der Waals surface area contributed by atoms with Gasteiger partial charge in [-0.15, -0.1) is 0 Å². The van der Waals surface area contributed by atoms with Crippen molar-refractivity contribution in [2.24, 2.45) is 5.73 Å². The Morgan fingerprint density at radius 1 is 1.31 bits per heavy atom. The van der Waals surface area contributed by atoms with Crippen LogP contribution in [0.5, 0.6) is 0 Å². The van der Waals surface area contributed by atoms with Gasteiger partial charge in [-0.25, -0.2) is 13.1 Å². The second kappa shape index (κ2) is 7.59. The van der Waals surface area contributed by atoms with Crippen molar-refractivity contribution in [1.29, 1.82) is 0 Å². The lowest BCUT2D eigenvalue weighted by molar-refractivity contribution is -0.120. The Labute approximate surface area is 97.0 Å². The van der Waals surface area contributed by atoms with Gasteiger partial charge in [0.25, 0.3) is 0 Å². The average molecular weight is 251 g/mol. The largest absolute Gasteiger partial charge is 0.353 e. The van der Waals surface area contributed by atoms with Crippen molar-refractivity contribution in [3.8, 4) is 0 Å². The van der Waals surface area contributed by atoms with Crippen LogP contribution in [0.4, 0.5) is 0 Å². The van der Waals surface area contributed by atoms with E-state index < -0.39 is 10.0 Å². The molecule has 96 valence electrons. The quantitative estimate of drug-likeness (QED) is 0.490. The summed E-state index contributed by atoms with van der Waals surface area (Å²) in [6.45, 7) is 3.90. The number of sulfonamides is 1. The predicted molar refractivity (Wildman–Crippen MR) is 63.4 cm³/mol. The molecule has 0 fully saturated rings. The van der Waals surface area contributed by atoms with Gasteiger partial charge in [0.1, 0.15) is 0 Å². The van der Waals surface area contributed by atoms with E-state index in [-0.39, 0.29) is 24.2 Å². The maximum atomic E-state index is 11.4. The first kappa shape index (κ1) is 15.3. The molecule has 0 aliphatic rings. The number of unbranched alkanes of at least 4 members (excludes halogenated alkanes) is 1. The molecule has 0 bridgehead atoms. The molecule has 0 aromatic carbocycles. The minimum absolute atomic E-state index is 0.00856. The Balaban J connectivity index is 3.85. The number of carbonyl (C=O) groups is 1. The van der Waals surface area contributed by atoms with Crippen LogP contribution in [0, 0.1) is 0 Å². The normalized spacial score (nSPS) is 11.8. The Hall–Kier alpha value is -0.660. The van der Waals surface area contributed by atoms with Crippen molar-refractivity contribution < 1.29 is 13.2 Å². The fraction of sp³-hybridized carbons (Fsp3) is 0.889. The standard InChI is InChI=1S/C9H21N3O3S/c1-8(2)12-9(13)7-11-16(14,15)6-4-3-5-10/h8,11H,3-7,10H2,1-2H3,(H,12,13). The lowest BCUT2D eigenvalue weighted by Gasteiger charge is -2.09. The van der Waals surface area contributed by atoms with Crippen LogP contribution in [0.3, 0.4) is 0 Å². The van der Waals surface area contributed by atoms with Gasteiger partial charge in [0.05, 0.1) is 12.3 Å². The van der Waals surface area contributed by atoms with Gasteiger partial charge in [0, 0.05) is 6.04 Å². The van der Waals surface area contributed by atoms with E-state index in [1.54, 1.807) is 0 Å². The van der Waals surface area contributed by atoms with E-state index >= 15 is 0 Å². The summed E-state index contributed by atoms with van der Waals surface area (Å²) in [6.07, 6.45) is 1.18. The minimum atomic E-state index is -3.35. The topological polar surface area (TPSA) is 101 Å². The summed E-state index contributed by atoms with van der Waals surface area (Å²) in [5.74, 6) is -0.309. The zero-order chi connectivity index (χ0) is 12.6. The van der Waals surface area contributed by atoms with Crippen LogP contribution in [0.2, 0.25) is 0 Å². The SMILES string of the molecule is CC(C)NC(=O)CNS(=O)(=O)CCCCN. The molecule has 0 aliphatic carbocycles. The number of carbonyl (C=O) groups excluding carboxylic acids is 1. The van der Waals surface area contributed by atoms with E-state index in [1.807, 2.05) is 13.8 Å². The number of nitrogens with two attached hydrogens (primary N) is 1. The third-order valence-electron chi connectivity index (χ3n) is 1.77. The molecule has 0 aliphatic heterocycles. The predicted octanol–water partition coefficient (Wildman–Crippen LogP) is -0.831. The Morgan fingerprint density at radius 3 is 2.44 bits per heavy atom. The van der Waals surface area contributed by atoms with Gasteiger partial charge < -0.3 is 11.1 Å². The first-order chi connectivity index (χ1) is 7.37. The third-order valence-corrected chi connectivity index (χ3v) is 3.18. The molecule has 1 amide bonds. The van der Waals surface area contributed by atoms with Gasteiger partial charge in [-0.1, -0.05) is 0 Å². The summed E-state index contributed by atoms with van der Waals surface area (Å²) in [5, 5.41) is 2.60. The molecule has 0 atom stereocenters. The molecule has 0 saturated heterocycles. The molecule has 6 nitrogen and oxygen atoms in total. The van der Waals surface area contributed by atoms with Gasteiger partial charge in [-0.05, 0) is 33.2 Å².